The van der Waals surface area contributed by atoms with Crippen LogP contribution in [0.15, 0.2) is 42.9 Å². The molecule has 34 heavy (non-hydrogen) atoms. The molecule has 4 heterocycles. The number of halogens is 2. The fourth-order valence-corrected chi connectivity index (χ4v) is 4.40. The minimum Gasteiger partial charge on any atom is -0.465 e. The van der Waals surface area contributed by atoms with E-state index in [-0.39, 0.29) is 37.4 Å². The molecule has 10 heteroatoms. The number of benzene rings is 1. The van der Waals surface area contributed by atoms with Crippen LogP contribution in [0.1, 0.15) is 17.1 Å². The Morgan fingerprint density at radius 1 is 1.21 bits per heavy atom. The van der Waals surface area contributed by atoms with Gasteiger partial charge in [0.1, 0.15) is 23.1 Å². The van der Waals surface area contributed by atoms with E-state index in [9.17, 15) is 9.90 Å². The molecule has 5 rings (SSSR count). The number of aryl methyl sites for hydroxylation is 2. The van der Waals surface area contributed by atoms with Gasteiger partial charge in [0.15, 0.2) is 0 Å². The van der Waals surface area contributed by atoms with Crippen LogP contribution in [0.25, 0.3) is 22.6 Å². The Morgan fingerprint density at radius 2 is 1.97 bits per heavy atom. The van der Waals surface area contributed by atoms with Crippen molar-refractivity contribution >= 4 is 11.7 Å². The van der Waals surface area contributed by atoms with Crippen molar-refractivity contribution in [3.63, 3.8) is 0 Å². The maximum atomic E-state index is 15.4. The molecule has 1 aromatic carbocycles. The van der Waals surface area contributed by atoms with Crippen molar-refractivity contribution in [1.29, 1.82) is 0 Å². The molecule has 0 saturated carbocycles. The standard InChI is InChI=1S/C24H23F2N5O3/c1-14-3-5-31-20(12-17-13-29(24(32)33)7-8-34-17)23(28-21(31)9-14)22-18(25)10-16(11-19(22)26)30-6-4-27-15(30)2/h3-6,9-11,17H,7-8,12-13H2,1-2H3,(H,32,33). The zero-order valence-corrected chi connectivity index (χ0v) is 18.7. The average Bonchev–Trinajstić information content (AvgIpc) is 3.37. The number of ether oxygens (including phenoxy) is 1. The number of carbonyl (C=O) groups is 1. The number of amides is 1. The van der Waals surface area contributed by atoms with Gasteiger partial charge in [0.25, 0.3) is 0 Å². The van der Waals surface area contributed by atoms with Gasteiger partial charge in [-0.25, -0.2) is 23.5 Å². The van der Waals surface area contributed by atoms with Crippen molar-refractivity contribution in [1.82, 2.24) is 23.8 Å². The Morgan fingerprint density at radius 3 is 2.65 bits per heavy atom. The summed E-state index contributed by atoms with van der Waals surface area (Å²) in [5, 5.41) is 9.36. The van der Waals surface area contributed by atoms with Gasteiger partial charge in [-0.2, -0.15) is 0 Å². The minimum absolute atomic E-state index is 0.164. The van der Waals surface area contributed by atoms with Crippen molar-refractivity contribution in [2.75, 3.05) is 19.7 Å². The maximum Gasteiger partial charge on any atom is 0.407 e. The molecule has 0 bridgehead atoms. The van der Waals surface area contributed by atoms with Crippen LogP contribution in [-0.4, -0.2) is 60.8 Å². The molecule has 3 aromatic heterocycles. The number of hydrogen-bond donors (Lipinski definition) is 1. The molecule has 0 radical (unpaired) electrons. The van der Waals surface area contributed by atoms with E-state index in [0.29, 0.717) is 22.9 Å². The third-order valence-corrected chi connectivity index (χ3v) is 6.08. The van der Waals surface area contributed by atoms with Crippen molar-refractivity contribution < 1.29 is 23.4 Å². The number of fused-ring (bicyclic) bond motifs is 1. The van der Waals surface area contributed by atoms with E-state index in [0.717, 1.165) is 5.56 Å². The predicted octanol–water partition coefficient (Wildman–Crippen LogP) is 4.00. The summed E-state index contributed by atoms with van der Waals surface area (Å²) in [6.07, 6.45) is 3.75. The van der Waals surface area contributed by atoms with E-state index in [1.165, 1.54) is 17.0 Å². The van der Waals surface area contributed by atoms with E-state index >= 15 is 8.78 Å². The van der Waals surface area contributed by atoms with Crippen LogP contribution in [0.2, 0.25) is 0 Å². The molecular weight excluding hydrogens is 444 g/mol. The minimum atomic E-state index is -1.02. The lowest BCUT2D eigenvalue weighted by molar-refractivity contribution is -0.0214. The summed E-state index contributed by atoms with van der Waals surface area (Å²) < 4.78 is 40.0. The van der Waals surface area contributed by atoms with Crippen LogP contribution in [0.3, 0.4) is 0 Å². The molecule has 1 atom stereocenters. The first-order valence-electron chi connectivity index (χ1n) is 10.9. The van der Waals surface area contributed by atoms with Crippen LogP contribution in [0.4, 0.5) is 13.6 Å². The molecule has 0 spiro atoms. The second-order valence-corrected chi connectivity index (χ2v) is 8.39. The molecule has 1 unspecified atom stereocenters. The number of aromatic nitrogens is 4. The number of rotatable bonds is 4. The summed E-state index contributed by atoms with van der Waals surface area (Å²) in [6.45, 7) is 4.36. The number of pyridine rings is 1. The Balaban J connectivity index is 1.61. The highest BCUT2D eigenvalue weighted by Gasteiger charge is 2.28. The van der Waals surface area contributed by atoms with Gasteiger partial charge in [-0.1, -0.05) is 0 Å². The highest BCUT2D eigenvalue weighted by atomic mass is 19.1. The van der Waals surface area contributed by atoms with Gasteiger partial charge >= 0.3 is 6.09 Å². The maximum absolute atomic E-state index is 15.4. The Kier molecular flexibility index (Phi) is 5.52. The van der Waals surface area contributed by atoms with Crippen LogP contribution in [0, 0.1) is 25.5 Å². The average molecular weight is 467 g/mol. The fraction of sp³-hybridized carbons (Fsp3) is 0.292. The van der Waals surface area contributed by atoms with Crippen LogP contribution in [-0.2, 0) is 11.2 Å². The second kappa shape index (κ2) is 8.53. The normalized spacial score (nSPS) is 16.4. The highest BCUT2D eigenvalue weighted by Crippen LogP contribution is 2.33. The molecule has 1 amide bonds. The molecule has 1 aliphatic heterocycles. The van der Waals surface area contributed by atoms with E-state index in [2.05, 4.69) is 9.97 Å². The van der Waals surface area contributed by atoms with Gasteiger partial charge in [0, 0.05) is 31.6 Å². The van der Waals surface area contributed by atoms with Gasteiger partial charge in [-0.05, 0) is 43.7 Å². The number of carboxylic acid groups (broad SMARTS) is 1. The summed E-state index contributed by atoms with van der Waals surface area (Å²) in [5.74, 6) is -0.893. The highest BCUT2D eigenvalue weighted by molar-refractivity contribution is 5.69. The van der Waals surface area contributed by atoms with Gasteiger partial charge in [-0.3, -0.25) is 0 Å². The summed E-state index contributed by atoms with van der Waals surface area (Å²) in [6, 6.07) is 6.23. The molecule has 176 valence electrons. The molecule has 4 aromatic rings. The Labute approximate surface area is 194 Å². The van der Waals surface area contributed by atoms with Crippen LogP contribution in [0.5, 0.6) is 0 Å². The molecule has 1 N–H and O–H groups in total. The van der Waals surface area contributed by atoms with E-state index < -0.39 is 23.8 Å². The molecule has 0 aliphatic carbocycles. The van der Waals surface area contributed by atoms with Crippen molar-refractivity contribution in [3.8, 4) is 16.9 Å². The molecule has 8 nitrogen and oxygen atoms in total. The third-order valence-electron chi connectivity index (χ3n) is 6.08. The summed E-state index contributed by atoms with van der Waals surface area (Å²) >= 11 is 0. The topological polar surface area (TPSA) is 84.9 Å². The lowest BCUT2D eigenvalue weighted by Crippen LogP contribution is -2.45. The second-order valence-electron chi connectivity index (χ2n) is 8.39. The smallest absolute Gasteiger partial charge is 0.407 e. The molecule has 1 aliphatic rings. The number of nitrogens with zero attached hydrogens (tertiary/aromatic N) is 5. The Hall–Kier alpha value is -3.79. The van der Waals surface area contributed by atoms with Crippen molar-refractivity contribution in [2.24, 2.45) is 0 Å². The van der Waals surface area contributed by atoms with E-state index in [1.807, 2.05) is 19.1 Å². The van der Waals surface area contributed by atoms with Crippen molar-refractivity contribution in [2.45, 2.75) is 26.4 Å². The first kappa shape index (κ1) is 22.0. The first-order valence-corrected chi connectivity index (χ1v) is 10.9. The van der Waals surface area contributed by atoms with Crippen LogP contribution < -0.4 is 0 Å². The monoisotopic (exact) mass is 467 g/mol. The van der Waals surface area contributed by atoms with Crippen molar-refractivity contribution in [3.05, 3.63) is 71.6 Å². The lowest BCUT2D eigenvalue weighted by Gasteiger charge is -2.31. The summed E-state index contributed by atoms with van der Waals surface area (Å²) in [7, 11) is 0. The molecular formula is C24H23F2N5O3. The van der Waals surface area contributed by atoms with Gasteiger partial charge in [-0.15, -0.1) is 0 Å². The summed E-state index contributed by atoms with van der Waals surface area (Å²) in [5.41, 5.74) is 2.31. The third kappa shape index (κ3) is 3.90. The first-order chi connectivity index (χ1) is 16.3. The molecule has 1 fully saturated rings. The SMILES string of the molecule is Cc1ccn2c(CC3CN(C(=O)O)CCO3)c(-c3c(F)cc(-n4ccnc4C)cc3F)nc2c1. The lowest BCUT2D eigenvalue weighted by atomic mass is 10.0. The van der Waals surface area contributed by atoms with E-state index in [4.69, 9.17) is 4.74 Å². The Bertz CT molecular complexity index is 1370. The number of imidazole rings is 2. The number of hydrogen-bond acceptors (Lipinski definition) is 4. The van der Waals surface area contributed by atoms with Gasteiger partial charge in [0.05, 0.1) is 41.9 Å². The van der Waals surface area contributed by atoms with E-state index in [1.54, 1.807) is 34.5 Å². The largest absolute Gasteiger partial charge is 0.465 e. The predicted molar refractivity (Wildman–Crippen MR) is 120 cm³/mol. The molecule has 1 saturated heterocycles. The zero-order valence-electron chi connectivity index (χ0n) is 18.7. The van der Waals surface area contributed by atoms with Gasteiger partial charge in [0.2, 0.25) is 0 Å². The van der Waals surface area contributed by atoms with Crippen LogP contribution >= 0.6 is 0 Å². The summed E-state index contributed by atoms with van der Waals surface area (Å²) in [4.78, 5) is 21.4. The number of morpholine rings is 1. The van der Waals surface area contributed by atoms with Gasteiger partial charge < -0.3 is 23.7 Å². The quantitative estimate of drug-likeness (QED) is 0.490. The fourth-order valence-electron chi connectivity index (χ4n) is 4.40. The zero-order chi connectivity index (χ0) is 24.0.